The normalized spacial score (nSPS) is 11.4. The molecule has 0 atom stereocenters. The third-order valence-electron chi connectivity index (χ3n) is 2.18. The van der Waals surface area contributed by atoms with Gasteiger partial charge >= 0.3 is 10.2 Å². The lowest BCUT2D eigenvalue weighted by molar-refractivity contribution is 0.593. The molecule has 96 valence electrons. The summed E-state index contributed by atoms with van der Waals surface area (Å²) in [5, 5.41) is 2.07. The van der Waals surface area contributed by atoms with Crippen LogP contribution in [0.2, 0.25) is 0 Å². The van der Waals surface area contributed by atoms with Gasteiger partial charge < -0.3 is 5.73 Å². The molecule has 1 heterocycles. The van der Waals surface area contributed by atoms with Crippen LogP contribution in [-0.4, -0.2) is 20.4 Å². The maximum atomic E-state index is 11.3. The highest BCUT2D eigenvalue weighted by atomic mass is 32.2. The molecule has 0 amide bonds. The number of nitrogen functional groups attached to an aromatic ring is 1. The summed E-state index contributed by atoms with van der Waals surface area (Å²) in [6.45, 7) is 0. The number of benzene rings is 1. The largest absolute Gasteiger partial charge is 0.399 e. The molecule has 1 aromatic carbocycles. The van der Waals surface area contributed by atoms with E-state index in [1.165, 1.54) is 18.4 Å². The molecule has 0 fully saturated rings. The number of thiazole rings is 1. The van der Waals surface area contributed by atoms with Crippen LogP contribution in [0.1, 0.15) is 0 Å². The summed E-state index contributed by atoms with van der Waals surface area (Å²) in [6, 6.07) is 7.25. The Kier molecular flexibility index (Phi) is 3.50. The second-order valence-corrected chi connectivity index (χ2v) is 5.95. The monoisotopic (exact) mass is 284 g/mol. The predicted molar refractivity (Wildman–Crippen MR) is 73.6 cm³/mol. The molecule has 0 spiro atoms. The van der Waals surface area contributed by atoms with Gasteiger partial charge in [0.05, 0.1) is 5.69 Å². The summed E-state index contributed by atoms with van der Waals surface area (Å²) in [7, 11) is -2.20. The van der Waals surface area contributed by atoms with E-state index in [9.17, 15) is 8.42 Å². The van der Waals surface area contributed by atoms with E-state index in [-0.39, 0.29) is 0 Å². The minimum absolute atomic E-state index is 0.307. The van der Waals surface area contributed by atoms with Crippen LogP contribution in [0.3, 0.4) is 0 Å². The Bertz CT molecular complexity index is 651. The van der Waals surface area contributed by atoms with Crippen molar-refractivity contribution in [1.29, 1.82) is 0 Å². The maximum Gasteiger partial charge on any atom is 0.300 e. The van der Waals surface area contributed by atoms with Crippen molar-refractivity contribution in [3.63, 3.8) is 0 Å². The molecule has 0 saturated heterocycles. The highest BCUT2D eigenvalue weighted by Crippen LogP contribution is 2.26. The molecular weight excluding hydrogens is 272 g/mol. The molecule has 0 bridgehead atoms. The molecular formula is C10H12N4O2S2. The third-order valence-corrected chi connectivity index (χ3v) is 4.06. The quantitative estimate of drug-likeness (QED) is 0.736. The number of nitrogens with two attached hydrogens (primary N) is 1. The van der Waals surface area contributed by atoms with Gasteiger partial charge in [-0.25, -0.2) is 14.4 Å². The first-order valence-corrected chi connectivity index (χ1v) is 7.39. The average molecular weight is 284 g/mol. The van der Waals surface area contributed by atoms with E-state index in [4.69, 9.17) is 5.73 Å². The first kappa shape index (κ1) is 12.8. The summed E-state index contributed by atoms with van der Waals surface area (Å²) in [4.78, 5) is 4.19. The molecule has 6 nitrogen and oxygen atoms in total. The first-order valence-electron chi connectivity index (χ1n) is 5.03. The molecule has 2 aromatic rings. The maximum absolute atomic E-state index is 11.3. The van der Waals surface area contributed by atoms with Gasteiger partial charge in [0, 0.05) is 23.7 Å². The number of nitrogens with zero attached hydrogens (tertiary/aromatic N) is 1. The van der Waals surface area contributed by atoms with Crippen LogP contribution >= 0.6 is 11.3 Å². The van der Waals surface area contributed by atoms with Crippen molar-refractivity contribution in [2.24, 2.45) is 0 Å². The van der Waals surface area contributed by atoms with E-state index in [1.807, 2.05) is 12.1 Å². The molecule has 0 saturated carbocycles. The lowest BCUT2D eigenvalue weighted by atomic mass is 10.1. The van der Waals surface area contributed by atoms with Crippen LogP contribution < -0.4 is 15.2 Å². The van der Waals surface area contributed by atoms with Crippen molar-refractivity contribution < 1.29 is 8.42 Å². The Labute approximate surface area is 109 Å². The molecule has 8 heteroatoms. The molecule has 0 unspecified atom stereocenters. The highest BCUT2D eigenvalue weighted by molar-refractivity contribution is 7.91. The van der Waals surface area contributed by atoms with Gasteiger partial charge in [0.2, 0.25) is 0 Å². The van der Waals surface area contributed by atoms with Gasteiger partial charge in [0.15, 0.2) is 5.13 Å². The van der Waals surface area contributed by atoms with E-state index in [0.717, 1.165) is 5.56 Å². The van der Waals surface area contributed by atoms with Crippen LogP contribution in [0.15, 0.2) is 29.6 Å². The molecule has 0 aliphatic carbocycles. The predicted octanol–water partition coefficient (Wildman–Crippen LogP) is 1.27. The van der Waals surface area contributed by atoms with Crippen LogP contribution in [-0.2, 0) is 10.2 Å². The van der Waals surface area contributed by atoms with Gasteiger partial charge in [-0.3, -0.25) is 0 Å². The summed E-state index contributed by atoms with van der Waals surface area (Å²) in [5.74, 6) is 0. The smallest absolute Gasteiger partial charge is 0.300 e. The van der Waals surface area contributed by atoms with Gasteiger partial charge in [0.25, 0.3) is 0 Å². The molecule has 2 rings (SSSR count). The van der Waals surface area contributed by atoms with Crippen molar-refractivity contribution in [2.45, 2.75) is 0 Å². The molecule has 18 heavy (non-hydrogen) atoms. The standard InChI is InChI=1S/C10H12N4O2S2/c1-12-18(15,16)14-10-13-9(6-17-10)7-3-2-4-8(11)5-7/h2-6,12H,11H2,1H3,(H,13,14). The van der Waals surface area contributed by atoms with E-state index in [1.54, 1.807) is 17.5 Å². The lowest BCUT2D eigenvalue weighted by Gasteiger charge is -2.01. The minimum Gasteiger partial charge on any atom is -0.399 e. The van der Waals surface area contributed by atoms with Crippen molar-refractivity contribution in [3.05, 3.63) is 29.6 Å². The Morgan fingerprint density at radius 2 is 2.17 bits per heavy atom. The van der Waals surface area contributed by atoms with Crippen LogP contribution in [0, 0.1) is 0 Å². The lowest BCUT2D eigenvalue weighted by Crippen LogP contribution is -2.26. The summed E-state index contributed by atoms with van der Waals surface area (Å²) in [6.07, 6.45) is 0. The topological polar surface area (TPSA) is 97.1 Å². The van der Waals surface area contributed by atoms with Crippen molar-refractivity contribution >= 4 is 32.4 Å². The van der Waals surface area contributed by atoms with Crippen LogP contribution in [0.5, 0.6) is 0 Å². The average Bonchev–Trinajstić information content (AvgIpc) is 2.77. The first-order chi connectivity index (χ1) is 8.50. The van der Waals surface area contributed by atoms with E-state index in [2.05, 4.69) is 14.4 Å². The summed E-state index contributed by atoms with van der Waals surface area (Å²) < 4.78 is 27.1. The number of aromatic nitrogens is 1. The van der Waals surface area contributed by atoms with Crippen molar-refractivity contribution in [2.75, 3.05) is 17.5 Å². The molecule has 0 aliphatic heterocycles. The number of anilines is 2. The van der Waals surface area contributed by atoms with E-state index >= 15 is 0 Å². The molecule has 0 radical (unpaired) electrons. The second kappa shape index (κ2) is 4.92. The fourth-order valence-corrected chi connectivity index (χ4v) is 2.78. The number of hydrogen-bond donors (Lipinski definition) is 3. The molecule has 0 aliphatic rings. The zero-order valence-corrected chi connectivity index (χ0v) is 11.2. The molecule has 4 N–H and O–H groups in total. The van der Waals surface area contributed by atoms with Crippen LogP contribution in [0.4, 0.5) is 10.8 Å². The Morgan fingerprint density at radius 1 is 1.39 bits per heavy atom. The molecule has 1 aromatic heterocycles. The van der Waals surface area contributed by atoms with Gasteiger partial charge in [-0.1, -0.05) is 12.1 Å². The minimum atomic E-state index is -3.53. The summed E-state index contributed by atoms with van der Waals surface area (Å²) >= 11 is 1.21. The van der Waals surface area contributed by atoms with E-state index in [0.29, 0.717) is 16.5 Å². The van der Waals surface area contributed by atoms with Gasteiger partial charge in [0.1, 0.15) is 0 Å². The number of hydrogen-bond acceptors (Lipinski definition) is 5. The van der Waals surface area contributed by atoms with E-state index < -0.39 is 10.2 Å². The SMILES string of the molecule is CNS(=O)(=O)Nc1nc(-c2cccc(N)c2)cs1. The zero-order chi connectivity index (χ0) is 13.2. The summed E-state index contributed by atoms with van der Waals surface area (Å²) in [5.41, 5.74) is 7.85. The van der Waals surface area contributed by atoms with Gasteiger partial charge in [-0.2, -0.15) is 8.42 Å². The Morgan fingerprint density at radius 3 is 2.83 bits per heavy atom. The van der Waals surface area contributed by atoms with Gasteiger partial charge in [-0.15, -0.1) is 11.3 Å². The fourth-order valence-electron chi connectivity index (χ4n) is 1.32. The Balaban J connectivity index is 2.26. The number of nitrogens with one attached hydrogen (secondary N) is 2. The second-order valence-electron chi connectivity index (χ2n) is 3.47. The van der Waals surface area contributed by atoms with Crippen molar-refractivity contribution in [3.8, 4) is 11.3 Å². The highest BCUT2D eigenvalue weighted by Gasteiger charge is 2.10. The van der Waals surface area contributed by atoms with Crippen molar-refractivity contribution in [1.82, 2.24) is 9.71 Å². The zero-order valence-electron chi connectivity index (χ0n) is 9.54. The van der Waals surface area contributed by atoms with Gasteiger partial charge in [-0.05, 0) is 12.1 Å². The number of rotatable bonds is 4. The third kappa shape index (κ3) is 2.97. The fraction of sp³-hybridized carbons (Fsp3) is 0.100. The van der Waals surface area contributed by atoms with Crippen LogP contribution in [0.25, 0.3) is 11.3 Å². The Hall–Kier alpha value is -1.64.